The van der Waals surface area contributed by atoms with E-state index in [1.54, 1.807) is 29.3 Å². The number of thioether (sulfide) groups is 1. The first-order chi connectivity index (χ1) is 13.6. The zero-order valence-electron chi connectivity index (χ0n) is 14.4. The molecule has 1 fully saturated rings. The fourth-order valence-electron chi connectivity index (χ4n) is 2.58. The Morgan fingerprint density at radius 2 is 1.86 bits per heavy atom. The molecule has 2 aromatic carbocycles. The summed E-state index contributed by atoms with van der Waals surface area (Å²) in [6.07, 6.45) is 3.40. The van der Waals surface area contributed by atoms with Crippen molar-refractivity contribution in [3.8, 4) is 0 Å². The van der Waals surface area contributed by atoms with Crippen LogP contribution in [0.5, 0.6) is 0 Å². The summed E-state index contributed by atoms with van der Waals surface area (Å²) in [4.78, 5) is 34.8. The molecule has 3 aromatic rings. The zero-order chi connectivity index (χ0) is 19.5. The molecule has 1 saturated heterocycles. The number of anilines is 1. The van der Waals surface area contributed by atoms with Gasteiger partial charge in [-0.1, -0.05) is 30.3 Å². The Balaban J connectivity index is 1.72. The van der Waals surface area contributed by atoms with Gasteiger partial charge in [0.05, 0.1) is 16.2 Å². The highest BCUT2D eigenvalue weighted by molar-refractivity contribution is 8.19. The molecule has 0 saturated carbocycles. The maximum atomic E-state index is 13.1. The van der Waals surface area contributed by atoms with E-state index in [2.05, 4.69) is 9.98 Å². The minimum Gasteiger partial charge on any atom is -0.478 e. The standard InChI is InChI=1S/C20H13N3O3S2/c24-17-16(12-13-6-8-14(9-7-13)18(25)26)28-20(22-19-21-10-11-27-19)23(17)15-4-2-1-3-5-15/h1-12H,(H,25,26)/b16-12-,22-20+. The van der Waals surface area contributed by atoms with Crippen molar-refractivity contribution in [1.29, 1.82) is 0 Å². The van der Waals surface area contributed by atoms with E-state index in [4.69, 9.17) is 5.11 Å². The van der Waals surface area contributed by atoms with Crippen LogP contribution in [0.25, 0.3) is 6.08 Å². The number of benzene rings is 2. The molecule has 2 heterocycles. The molecule has 0 radical (unpaired) electrons. The van der Waals surface area contributed by atoms with Crippen molar-refractivity contribution < 1.29 is 14.7 Å². The second-order valence-electron chi connectivity index (χ2n) is 5.72. The molecule has 1 aliphatic rings. The van der Waals surface area contributed by atoms with Crippen LogP contribution in [0.15, 0.2) is 76.1 Å². The highest BCUT2D eigenvalue weighted by atomic mass is 32.2. The Bertz CT molecular complexity index is 1080. The molecular formula is C20H13N3O3S2. The summed E-state index contributed by atoms with van der Waals surface area (Å²) in [5.41, 5.74) is 1.66. The number of rotatable bonds is 4. The van der Waals surface area contributed by atoms with Crippen LogP contribution in [0.4, 0.5) is 10.8 Å². The molecule has 1 N–H and O–H groups in total. The monoisotopic (exact) mass is 407 g/mol. The molecule has 8 heteroatoms. The number of carboxylic acid groups (broad SMARTS) is 1. The minimum absolute atomic E-state index is 0.186. The Kier molecular flexibility index (Phi) is 5.05. The van der Waals surface area contributed by atoms with E-state index < -0.39 is 5.97 Å². The number of aliphatic imine (C=N–C) groups is 1. The lowest BCUT2D eigenvalue weighted by molar-refractivity contribution is -0.113. The summed E-state index contributed by atoms with van der Waals surface area (Å²) in [5.74, 6) is -1.17. The summed E-state index contributed by atoms with van der Waals surface area (Å²) in [7, 11) is 0. The Morgan fingerprint density at radius 3 is 2.50 bits per heavy atom. The molecule has 1 amide bonds. The van der Waals surface area contributed by atoms with Crippen molar-refractivity contribution in [2.75, 3.05) is 4.90 Å². The second kappa shape index (κ2) is 7.79. The average molecular weight is 407 g/mol. The van der Waals surface area contributed by atoms with E-state index >= 15 is 0 Å². The van der Waals surface area contributed by atoms with Crippen LogP contribution in [-0.2, 0) is 4.79 Å². The van der Waals surface area contributed by atoms with Gasteiger partial charge >= 0.3 is 5.97 Å². The molecule has 1 aliphatic heterocycles. The van der Waals surface area contributed by atoms with Crippen LogP contribution in [0.2, 0.25) is 0 Å². The van der Waals surface area contributed by atoms with Crippen molar-refractivity contribution in [3.63, 3.8) is 0 Å². The Hall–Kier alpha value is -3.23. The third kappa shape index (κ3) is 3.73. The first-order valence-corrected chi connectivity index (χ1v) is 9.92. The maximum absolute atomic E-state index is 13.1. The number of para-hydroxylation sites is 1. The van der Waals surface area contributed by atoms with Crippen LogP contribution in [0.3, 0.4) is 0 Å². The summed E-state index contributed by atoms with van der Waals surface area (Å²) in [6, 6.07) is 15.7. The lowest BCUT2D eigenvalue weighted by Gasteiger charge is -2.14. The molecule has 1 aromatic heterocycles. The van der Waals surface area contributed by atoms with E-state index in [9.17, 15) is 9.59 Å². The second-order valence-corrected chi connectivity index (χ2v) is 7.61. The molecule has 0 unspecified atom stereocenters. The largest absolute Gasteiger partial charge is 0.478 e. The van der Waals surface area contributed by atoms with Crippen LogP contribution in [-0.4, -0.2) is 27.1 Å². The number of hydrogen-bond acceptors (Lipinski definition) is 6. The third-order valence-electron chi connectivity index (χ3n) is 3.89. The predicted molar refractivity (Wildman–Crippen MR) is 112 cm³/mol. The molecule has 6 nitrogen and oxygen atoms in total. The van der Waals surface area contributed by atoms with Crippen LogP contribution in [0, 0.1) is 0 Å². The number of thiazole rings is 1. The number of amidine groups is 1. The number of aromatic carboxylic acids is 1. The number of nitrogens with zero attached hydrogens (tertiary/aromatic N) is 3. The van der Waals surface area contributed by atoms with Gasteiger partial charge in [-0.2, -0.15) is 4.99 Å². The smallest absolute Gasteiger partial charge is 0.335 e. The van der Waals surface area contributed by atoms with Gasteiger partial charge in [0.2, 0.25) is 5.13 Å². The van der Waals surface area contributed by atoms with Gasteiger partial charge in [0.25, 0.3) is 5.91 Å². The molecule has 138 valence electrons. The fraction of sp³-hybridized carbons (Fsp3) is 0. The van der Waals surface area contributed by atoms with E-state index in [-0.39, 0.29) is 11.5 Å². The number of carboxylic acids is 1. The lowest BCUT2D eigenvalue weighted by atomic mass is 10.1. The maximum Gasteiger partial charge on any atom is 0.335 e. The van der Waals surface area contributed by atoms with Gasteiger partial charge < -0.3 is 5.11 Å². The van der Waals surface area contributed by atoms with E-state index in [0.29, 0.717) is 15.2 Å². The number of carbonyl (C=O) groups is 2. The van der Waals surface area contributed by atoms with Gasteiger partial charge in [-0.3, -0.25) is 9.69 Å². The van der Waals surface area contributed by atoms with Gasteiger partial charge in [0.1, 0.15) is 0 Å². The SMILES string of the molecule is O=C(O)c1ccc(/C=C2\S/C(=N/c3nccs3)N(c3ccccc3)C2=O)cc1. The number of hydrogen-bond donors (Lipinski definition) is 1. The third-order valence-corrected chi connectivity index (χ3v) is 5.52. The molecule has 4 rings (SSSR count). The zero-order valence-corrected chi connectivity index (χ0v) is 16.0. The summed E-state index contributed by atoms with van der Waals surface area (Å²) in [6.45, 7) is 0. The van der Waals surface area contributed by atoms with Gasteiger partial charge in [-0.05, 0) is 47.7 Å². The molecular weight excluding hydrogens is 394 g/mol. The lowest BCUT2D eigenvalue weighted by Crippen LogP contribution is -2.28. The summed E-state index contributed by atoms with van der Waals surface area (Å²) < 4.78 is 0. The van der Waals surface area contributed by atoms with E-state index in [1.807, 2.05) is 35.7 Å². The molecule has 0 atom stereocenters. The topological polar surface area (TPSA) is 82.9 Å². The minimum atomic E-state index is -0.987. The first-order valence-electron chi connectivity index (χ1n) is 8.22. The van der Waals surface area contributed by atoms with Gasteiger partial charge in [-0.25, -0.2) is 9.78 Å². The van der Waals surface area contributed by atoms with Crippen LogP contribution >= 0.6 is 23.1 Å². The van der Waals surface area contributed by atoms with Crippen molar-refractivity contribution in [2.45, 2.75) is 0 Å². The highest BCUT2D eigenvalue weighted by Crippen LogP contribution is 2.37. The van der Waals surface area contributed by atoms with Crippen molar-refractivity contribution in [2.24, 2.45) is 4.99 Å². The first kappa shape index (κ1) is 18.1. The summed E-state index contributed by atoms with van der Waals surface area (Å²) >= 11 is 2.66. The Morgan fingerprint density at radius 1 is 1.11 bits per heavy atom. The van der Waals surface area contributed by atoms with E-state index in [0.717, 1.165) is 11.3 Å². The highest BCUT2D eigenvalue weighted by Gasteiger charge is 2.34. The number of amides is 1. The number of carbonyl (C=O) groups excluding carboxylic acids is 1. The predicted octanol–water partition coefficient (Wildman–Crippen LogP) is 4.65. The fourth-order valence-corrected chi connectivity index (χ4v) is 4.12. The van der Waals surface area contributed by atoms with Crippen molar-refractivity contribution in [3.05, 3.63) is 82.2 Å². The molecule has 0 bridgehead atoms. The normalized spacial score (nSPS) is 16.9. The van der Waals surface area contributed by atoms with Crippen LogP contribution < -0.4 is 4.90 Å². The molecule has 0 spiro atoms. The van der Waals surface area contributed by atoms with Crippen molar-refractivity contribution >= 4 is 57.0 Å². The van der Waals surface area contributed by atoms with Crippen LogP contribution in [0.1, 0.15) is 15.9 Å². The van der Waals surface area contributed by atoms with E-state index in [1.165, 1.54) is 35.2 Å². The average Bonchev–Trinajstić information content (AvgIpc) is 3.31. The summed E-state index contributed by atoms with van der Waals surface area (Å²) in [5, 5.41) is 11.9. The number of aromatic nitrogens is 1. The molecule has 0 aliphatic carbocycles. The quantitative estimate of drug-likeness (QED) is 0.637. The molecule has 28 heavy (non-hydrogen) atoms. The van der Waals surface area contributed by atoms with Gasteiger partial charge in [0, 0.05) is 11.6 Å². The van der Waals surface area contributed by atoms with Gasteiger partial charge in [0.15, 0.2) is 5.17 Å². The van der Waals surface area contributed by atoms with Crippen molar-refractivity contribution in [1.82, 2.24) is 4.98 Å². The van der Waals surface area contributed by atoms with Gasteiger partial charge in [-0.15, -0.1) is 11.3 Å². The Labute approximate surface area is 168 Å².